The second-order valence-electron chi connectivity index (χ2n) is 1.67. The van der Waals surface area contributed by atoms with Gasteiger partial charge >= 0.3 is 23.7 Å². The Morgan fingerprint density at radius 3 is 1.83 bits per heavy atom. The van der Waals surface area contributed by atoms with E-state index in [9.17, 15) is 19.2 Å². The largest absolute Gasteiger partial charge is 0.474 e. The highest BCUT2D eigenvalue weighted by atomic mass is 16.4. The number of carbonyl (C=O) groups excluding carboxylic acids is 3. The van der Waals surface area contributed by atoms with Gasteiger partial charge < -0.3 is 10.4 Å². The van der Waals surface area contributed by atoms with Crippen molar-refractivity contribution in [3.8, 4) is 0 Å². The fourth-order valence-electron chi connectivity index (χ4n) is 0.327. The summed E-state index contributed by atoms with van der Waals surface area (Å²) in [4.78, 5) is 41.0. The predicted molar refractivity (Wildman–Crippen MR) is 34.9 cm³/mol. The molecule has 7 heteroatoms. The normalized spacial score (nSPS) is 8.42. The van der Waals surface area contributed by atoms with Gasteiger partial charge in [0.1, 0.15) is 0 Å². The van der Waals surface area contributed by atoms with Gasteiger partial charge in [0, 0.05) is 7.05 Å². The lowest BCUT2D eigenvalue weighted by Gasteiger charge is -1.97. The van der Waals surface area contributed by atoms with Crippen molar-refractivity contribution < 1.29 is 24.3 Å². The molecule has 3 amide bonds. The SMILES string of the molecule is CNC(=O)C(=O)NC(=O)C(=O)O. The maximum atomic E-state index is 10.5. The van der Waals surface area contributed by atoms with Crippen LogP contribution in [0, 0.1) is 0 Å². The maximum absolute atomic E-state index is 10.5. The summed E-state index contributed by atoms with van der Waals surface area (Å²) in [5, 5.41) is 11.2. The molecule has 66 valence electrons. The molecule has 0 radical (unpaired) electrons. The molecule has 0 aromatic rings. The van der Waals surface area contributed by atoms with Gasteiger partial charge in [-0.15, -0.1) is 0 Å². The highest BCUT2D eigenvalue weighted by Gasteiger charge is 2.19. The number of rotatable bonds is 0. The average molecular weight is 174 g/mol. The minimum absolute atomic E-state index is 1.08. The number of amides is 3. The molecule has 0 heterocycles. The Hall–Kier alpha value is -1.92. The highest BCUT2D eigenvalue weighted by Crippen LogP contribution is 1.69. The van der Waals surface area contributed by atoms with Gasteiger partial charge in [0.2, 0.25) is 0 Å². The first kappa shape index (κ1) is 10.1. The lowest BCUT2D eigenvalue weighted by atomic mass is 10.5. The molecule has 7 nitrogen and oxygen atoms in total. The highest BCUT2D eigenvalue weighted by molar-refractivity contribution is 6.44. The van der Waals surface area contributed by atoms with Crippen molar-refractivity contribution in [2.45, 2.75) is 0 Å². The van der Waals surface area contributed by atoms with Gasteiger partial charge in [-0.25, -0.2) is 4.79 Å². The van der Waals surface area contributed by atoms with Crippen LogP contribution in [0.25, 0.3) is 0 Å². The second-order valence-corrected chi connectivity index (χ2v) is 1.67. The number of carboxylic acid groups (broad SMARTS) is 1. The number of nitrogens with one attached hydrogen (secondary N) is 2. The topological polar surface area (TPSA) is 113 Å². The van der Waals surface area contributed by atoms with Crippen LogP contribution in [0.3, 0.4) is 0 Å². The minimum atomic E-state index is -1.83. The predicted octanol–water partition coefficient (Wildman–Crippen LogP) is -2.54. The van der Waals surface area contributed by atoms with E-state index < -0.39 is 23.7 Å². The van der Waals surface area contributed by atoms with Crippen LogP contribution in [0.15, 0.2) is 0 Å². The number of carboxylic acids is 1. The Kier molecular flexibility index (Phi) is 3.41. The van der Waals surface area contributed by atoms with Gasteiger partial charge in [0.05, 0.1) is 0 Å². The maximum Gasteiger partial charge on any atom is 0.394 e. The van der Waals surface area contributed by atoms with Crippen LogP contribution < -0.4 is 10.6 Å². The standard InChI is InChI=1S/C5H6N2O5/c1-6-2(8)3(9)7-4(10)5(11)12/h1H3,(H,6,8)(H,11,12)(H,7,9,10). The fourth-order valence-corrected chi connectivity index (χ4v) is 0.327. The van der Waals surface area contributed by atoms with E-state index in [1.165, 1.54) is 12.4 Å². The van der Waals surface area contributed by atoms with Crippen LogP contribution in [0.4, 0.5) is 0 Å². The molecule has 0 aromatic heterocycles. The lowest BCUT2D eigenvalue weighted by Crippen LogP contribution is -2.43. The van der Waals surface area contributed by atoms with Crippen molar-refractivity contribution in [1.29, 1.82) is 0 Å². The van der Waals surface area contributed by atoms with E-state index in [2.05, 4.69) is 0 Å². The molecular formula is C5H6N2O5. The first-order valence-corrected chi connectivity index (χ1v) is 2.79. The molecule has 0 aliphatic heterocycles. The summed E-state index contributed by atoms with van der Waals surface area (Å²) in [6, 6.07) is 0. The fraction of sp³-hybridized carbons (Fsp3) is 0.200. The van der Waals surface area contributed by atoms with Crippen LogP contribution in [-0.2, 0) is 19.2 Å². The molecule has 0 rings (SSSR count). The minimum Gasteiger partial charge on any atom is -0.474 e. The van der Waals surface area contributed by atoms with Crippen molar-refractivity contribution >= 4 is 23.7 Å². The van der Waals surface area contributed by atoms with Gasteiger partial charge in [-0.3, -0.25) is 19.7 Å². The number of likely N-dealkylation sites (N-methyl/N-ethyl adjacent to an activating group) is 1. The summed E-state index contributed by atoms with van der Waals surface area (Å²) in [6.07, 6.45) is 0. The van der Waals surface area contributed by atoms with Crippen molar-refractivity contribution in [2.24, 2.45) is 0 Å². The molecule has 0 unspecified atom stereocenters. The average Bonchev–Trinajstić information content (AvgIpc) is 2.02. The summed E-state index contributed by atoms with van der Waals surface area (Å²) in [6.45, 7) is 0. The molecule has 0 aliphatic rings. The smallest absolute Gasteiger partial charge is 0.394 e. The van der Waals surface area contributed by atoms with Crippen molar-refractivity contribution in [1.82, 2.24) is 10.6 Å². The first-order valence-electron chi connectivity index (χ1n) is 2.79. The van der Waals surface area contributed by atoms with Gasteiger partial charge in [-0.2, -0.15) is 0 Å². The molecule has 12 heavy (non-hydrogen) atoms. The van der Waals surface area contributed by atoms with E-state index in [0.29, 0.717) is 0 Å². The molecule has 0 spiro atoms. The Balaban J connectivity index is 4.11. The van der Waals surface area contributed by atoms with Crippen molar-refractivity contribution in [3.05, 3.63) is 0 Å². The first-order chi connectivity index (χ1) is 5.49. The van der Waals surface area contributed by atoms with Crippen LogP contribution >= 0.6 is 0 Å². The Bertz CT molecular complexity index is 246. The number of hydrogen-bond acceptors (Lipinski definition) is 4. The van der Waals surface area contributed by atoms with E-state index in [-0.39, 0.29) is 0 Å². The number of aliphatic carboxylic acids is 1. The van der Waals surface area contributed by atoms with Crippen molar-refractivity contribution in [3.63, 3.8) is 0 Å². The number of hydrogen-bond donors (Lipinski definition) is 3. The van der Waals surface area contributed by atoms with Gasteiger partial charge in [0.15, 0.2) is 0 Å². The monoisotopic (exact) mass is 174 g/mol. The van der Waals surface area contributed by atoms with E-state index >= 15 is 0 Å². The quantitative estimate of drug-likeness (QED) is 0.350. The summed E-state index contributed by atoms with van der Waals surface area (Å²) < 4.78 is 0. The zero-order valence-corrected chi connectivity index (χ0v) is 6.08. The third-order valence-corrected chi connectivity index (χ3v) is 0.855. The summed E-state index contributed by atoms with van der Waals surface area (Å²) >= 11 is 0. The molecule has 0 saturated carbocycles. The van der Waals surface area contributed by atoms with E-state index in [1.807, 2.05) is 5.32 Å². The van der Waals surface area contributed by atoms with Gasteiger partial charge in [-0.05, 0) is 0 Å². The summed E-state index contributed by atoms with van der Waals surface area (Å²) in [5.74, 6) is -5.75. The van der Waals surface area contributed by atoms with E-state index in [1.54, 1.807) is 0 Å². The zero-order chi connectivity index (χ0) is 9.72. The van der Waals surface area contributed by atoms with Gasteiger partial charge in [0.25, 0.3) is 0 Å². The van der Waals surface area contributed by atoms with Crippen molar-refractivity contribution in [2.75, 3.05) is 7.05 Å². The van der Waals surface area contributed by atoms with Crippen LogP contribution in [0.2, 0.25) is 0 Å². The molecule has 3 N–H and O–H groups in total. The third kappa shape index (κ3) is 2.78. The molecule has 0 atom stereocenters. The number of carbonyl (C=O) groups is 4. The van der Waals surface area contributed by atoms with Crippen LogP contribution in [0.5, 0.6) is 0 Å². The van der Waals surface area contributed by atoms with E-state index in [0.717, 1.165) is 0 Å². The lowest BCUT2D eigenvalue weighted by molar-refractivity contribution is -0.153. The third-order valence-electron chi connectivity index (χ3n) is 0.855. The molecule has 0 fully saturated rings. The number of imide groups is 1. The zero-order valence-electron chi connectivity index (χ0n) is 6.08. The molecule has 0 bridgehead atoms. The Morgan fingerprint density at radius 1 is 1.00 bits per heavy atom. The molecule has 0 saturated heterocycles. The van der Waals surface area contributed by atoms with Crippen LogP contribution in [-0.4, -0.2) is 35.8 Å². The van der Waals surface area contributed by atoms with E-state index in [4.69, 9.17) is 5.11 Å². The summed E-state index contributed by atoms with van der Waals surface area (Å²) in [7, 11) is 1.17. The molecular weight excluding hydrogens is 168 g/mol. The van der Waals surface area contributed by atoms with Gasteiger partial charge in [-0.1, -0.05) is 0 Å². The summed E-state index contributed by atoms with van der Waals surface area (Å²) in [5.41, 5.74) is 0. The van der Waals surface area contributed by atoms with Crippen LogP contribution in [0.1, 0.15) is 0 Å². The second kappa shape index (κ2) is 4.06. The Morgan fingerprint density at radius 2 is 1.50 bits per heavy atom. The molecule has 0 aromatic carbocycles. The Labute approximate surface area is 66.7 Å². The molecule has 0 aliphatic carbocycles.